The number of hydrogen-bond acceptors (Lipinski definition) is 5. The molecule has 3 aliphatic heterocycles. The lowest BCUT2D eigenvalue weighted by atomic mass is 9.85. The van der Waals surface area contributed by atoms with Crippen LogP contribution in [0.1, 0.15) is 40.1 Å². The Balaban J connectivity index is 1.62. The lowest BCUT2D eigenvalue weighted by molar-refractivity contribution is -0.157. The van der Waals surface area contributed by atoms with Gasteiger partial charge in [0.15, 0.2) is 17.3 Å². The first-order valence-electron chi connectivity index (χ1n) is 10.5. The molecule has 8 heteroatoms. The molecule has 4 heterocycles. The number of piperazine rings is 1. The molecule has 3 aromatic rings. The molecule has 0 spiro atoms. The number of aromatic nitrogens is 1. The van der Waals surface area contributed by atoms with E-state index >= 15 is 0 Å². The minimum absolute atomic E-state index is 0.0194. The van der Waals surface area contributed by atoms with Crippen molar-refractivity contribution >= 4 is 28.5 Å². The van der Waals surface area contributed by atoms with Crippen LogP contribution in [0.5, 0.6) is 11.5 Å². The summed E-state index contributed by atoms with van der Waals surface area (Å²) in [4.78, 5) is 45.4. The molecule has 2 amide bonds. The largest absolute Gasteiger partial charge is 0.454 e. The van der Waals surface area contributed by atoms with Gasteiger partial charge in [-0.3, -0.25) is 14.4 Å². The van der Waals surface area contributed by atoms with Gasteiger partial charge in [0, 0.05) is 30.1 Å². The molecule has 0 aliphatic carbocycles. The third kappa shape index (κ3) is 2.52. The summed E-state index contributed by atoms with van der Waals surface area (Å²) < 4.78 is 11.1. The lowest BCUT2D eigenvalue weighted by Gasteiger charge is -2.46. The number of para-hydroxylation sites is 1. The van der Waals surface area contributed by atoms with E-state index < -0.39 is 12.1 Å². The zero-order chi connectivity index (χ0) is 22.1. The van der Waals surface area contributed by atoms with E-state index in [2.05, 4.69) is 4.98 Å². The number of amides is 2. The van der Waals surface area contributed by atoms with E-state index in [4.69, 9.17) is 9.47 Å². The van der Waals surface area contributed by atoms with Crippen molar-refractivity contribution in [1.29, 1.82) is 0 Å². The number of ether oxygens (including phenoxy) is 2. The van der Waals surface area contributed by atoms with Gasteiger partial charge in [-0.2, -0.15) is 0 Å². The van der Waals surface area contributed by atoms with Gasteiger partial charge in [0.25, 0.3) is 0 Å². The average molecular weight is 431 g/mol. The second kappa shape index (κ2) is 6.59. The molecular weight excluding hydrogens is 410 g/mol. The summed E-state index contributed by atoms with van der Waals surface area (Å²) in [7, 11) is 1.66. The van der Waals surface area contributed by atoms with Crippen LogP contribution in [0.2, 0.25) is 0 Å². The molecule has 2 atom stereocenters. The Morgan fingerprint density at radius 1 is 1.16 bits per heavy atom. The van der Waals surface area contributed by atoms with Crippen LogP contribution in [0.3, 0.4) is 0 Å². The van der Waals surface area contributed by atoms with E-state index in [-0.39, 0.29) is 30.9 Å². The highest BCUT2D eigenvalue weighted by Gasteiger charge is 2.47. The van der Waals surface area contributed by atoms with Crippen LogP contribution in [0.15, 0.2) is 36.4 Å². The van der Waals surface area contributed by atoms with E-state index in [9.17, 15) is 14.4 Å². The molecule has 1 fully saturated rings. The number of ketones is 1. The molecule has 0 bridgehead atoms. The number of carbonyl (C=O) groups excluding carboxylic acids is 3. The second-order valence-corrected chi connectivity index (χ2v) is 8.54. The first-order chi connectivity index (χ1) is 15.4. The standard InChI is InChI=1S/C24H21N3O5/c1-12(28)15-7-13(8-19-23(15)32-11-31-19)22-21-16(14-5-3-4-6-17(14)25-21)9-18-24(30)26(2)10-20(29)27(18)22/h3-8,18,22,25H,9-11H2,1-2H3/t18-,22-/m1/s1. The SMILES string of the molecule is CC(=O)c1cc([C@@H]2c3[nH]c4ccccc4c3C[C@@H]3C(=O)N(C)CC(=O)N23)cc2c1OCO2. The predicted octanol–water partition coefficient (Wildman–Crippen LogP) is 2.41. The topological polar surface area (TPSA) is 91.9 Å². The van der Waals surface area contributed by atoms with Crippen molar-refractivity contribution in [3.63, 3.8) is 0 Å². The Morgan fingerprint density at radius 3 is 2.78 bits per heavy atom. The first kappa shape index (κ1) is 18.9. The van der Waals surface area contributed by atoms with Crippen LogP contribution in [0.4, 0.5) is 0 Å². The van der Waals surface area contributed by atoms with Crippen LogP contribution < -0.4 is 9.47 Å². The van der Waals surface area contributed by atoms with Crippen molar-refractivity contribution in [3.8, 4) is 11.5 Å². The molecule has 32 heavy (non-hydrogen) atoms. The first-order valence-corrected chi connectivity index (χ1v) is 10.5. The summed E-state index contributed by atoms with van der Waals surface area (Å²) in [6.07, 6.45) is 0.439. The van der Waals surface area contributed by atoms with Crippen molar-refractivity contribution in [2.75, 3.05) is 20.4 Å². The Kier molecular flexibility index (Phi) is 3.90. The molecule has 1 saturated heterocycles. The van der Waals surface area contributed by atoms with Gasteiger partial charge in [-0.1, -0.05) is 18.2 Å². The number of hydrogen-bond donors (Lipinski definition) is 1. The van der Waals surface area contributed by atoms with Crippen molar-refractivity contribution in [1.82, 2.24) is 14.8 Å². The molecule has 162 valence electrons. The Labute approximate surface area is 183 Å². The van der Waals surface area contributed by atoms with E-state index in [1.165, 1.54) is 11.8 Å². The van der Waals surface area contributed by atoms with Gasteiger partial charge in [0.1, 0.15) is 6.04 Å². The number of nitrogens with zero attached hydrogens (tertiary/aromatic N) is 2. The number of benzene rings is 2. The molecule has 0 radical (unpaired) electrons. The fraction of sp³-hybridized carbons (Fsp3) is 0.292. The van der Waals surface area contributed by atoms with Crippen LogP contribution in [-0.4, -0.2) is 58.8 Å². The van der Waals surface area contributed by atoms with Crippen molar-refractivity contribution in [3.05, 3.63) is 58.8 Å². The minimum Gasteiger partial charge on any atom is -0.454 e. The number of carbonyl (C=O) groups is 3. The average Bonchev–Trinajstić information content (AvgIpc) is 3.39. The molecule has 3 aliphatic rings. The molecule has 1 N–H and O–H groups in total. The number of fused-ring (bicyclic) bond motifs is 5. The van der Waals surface area contributed by atoms with Crippen LogP contribution in [-0.2, 0) is 16.0 Å². The van der Waals surface area contributed by atoms with Gasteiger partial charge in [-0.15, -0.1) is 0 Å². The van der Waals surface area contributed by atoms with Crippen LogP contribution >= 0.6 is 0 Å². The van der Waals surface area contributed by atoms with Gasteiger partial charge >= 0.3 is 0 Å². The maximum absolute atomic E-state index is 13.2. The molecule has 1 aromatic heterocycles. The summed E-state index contributed by atoms with van der Waals surface area (Å²) >= 11 is 0. The lowest BCUT2D eigenvalue weighted by Crippen LogP contribution is -2.62. The van der Waals surface area contributed by atoms with Crippen molar-refractivity contribution in [2.24, 2.45) is 0 Å². The summed E-state index contributed by atoms with van der Waals surface area (Å²) in [6.45, 7) is 1.53. The molecular formula is C24H21N3O5. The van der Waals surface area contributed by atoms with Gasteiger partial charge in [-0.25, -0.2) is 0 Å². The van der Waals surface area contributed by atoms with E-state index in [1.807, 2.05) is 30.3 Å². The highest BCUT2D eigenvalue weighted by atomic mass is 16.7. The van der Waals surface area contributed by atoms with Gasteiger partial charge in [0.2, 0.25) is 18.6 Å². The number of nitrogens with one attached hydrogen (secondary N) is 1. The van der Waals surface area contributed by atoms with E-state index in [0.717, 1.165) is 22.2 Å². The molecule has 2 aromatic carbocycles. The number of likely N-dealkylation sites (N-methyl/N-ethyl adjacent to an activating group) is 1. The molecule has 0 unspecified atom stereocenters. The maximum atomic E-state index is 13.2. The summed E-state index contributed by atoms with van der Waals surface area (Å²) in [6, 6.07) is 10.3. The molecule has 8 nitrogen and oxygen atoms in total. The minimum atomic E-state index is -0.607. The molecule has 6 rings (SSSR count). The Hall–Kier alpha value is -3.81. The monoisotopic (exact) mass is 431 g/mol. The normalized spacial score (nSPS) is 21.7. The van der Waals surface area contributed by atoms with E-state index in [1.54, 1.807) is 18.0 Å². The summed E-state index contributed by atoms with van der Waals surface area (Å²) in [5.41, 5.74) is 3.94. The van der Waals surface area contributed by atoms with Crippen molar-refractivity contribution in [2.45, 2.75) is 25.4 Å². The van der Waals surface area contributed by atoms with Crippen LogP contribution in [0, 0.1) is 0 Å². The smallest absolute Gasteiger partial charge is 0.245 e. The highest BCUT2D eigenvalue weighted by molar-refractivity contribution is 5.99. The summed E-state index contributed by atoms with van der Waals surface area (Å²) in [5, 5.41) is 1.04. The highest BCUT2D eigenvalue weighted by Crippen LogP contribution is 2.46. The number of aromatic amines is 1. The second-order valence-electron chi connectivity index (χ2n) is 8.54. The fourth-order valence-electron chi connectivity index (χ4n) is 5.20. The molecule has 0 saturated carbocycles. The number of Topliss-reactive ketones (excluding diaryl/α,β-unsaturated/α-hetero) is 1. The van der Waals surface area contributed by atoms with Gasteiger partial charge in [0.05, 0.1) is 18.2 Å². The number of H-pyrrole nitrogens is 1. The number of rotatable bonds is 2. The zero-order valence-corrected chi connectivity index (χ0v) is 17.7. The zero-order valence-electron chi connectivity index (χ0n) is 17.7. The van der Waals surface area contributed by atoms with Gasteiger partial charge < -0.3 is 24.3 Å². The quantitative estimate of drug-likeness (QED) is 0.629. The maximum Gasteiger partial charge on any atom is 0.245 e. The van der Waals surface area contributed by atoms with Gasteiger partial charge in [-0.05, 0) is 36.2 Å². The van der Waals surface area contributed by atoms with Crippen LogP contribution in [0.25, 0.3) is 10.9 Å². The third-order valence-corrected chi connectivity index (χ3v) is 6.64. The Morgan fingerprint density at radius 2 is 1.97 bits per heavy atom. The fourth-order valence-corrected chi connectivity index (χ4v) is 5.20. The predicted molar refractivity (Wildman–Crippen MR) is 115 cm³/mol. The summed E-state index contributed by atoms with van der Waals surface area (Å²) in [5.74, 6) is 0.525. The Bertz CT molecular complexity index is 1330. The van der Waals surface area contributed by atoms with E-state index in [0.29, 0.717) is 29.0 Å². The van der Waals surface area contributed by atoms with Crippen molar-refractivity contribution < 1.29 is 23.9 Å². The third-order valence-electron chi connectivity index (χ3n) is 6.64.